The normalized spacial score (nSPS) is 14.1. The van der Waals surface area contributed by atoms with Crippen LogP contribution in [0.1, 0.15) is 453 Å². The zero-order valence-electron chi connectivity index (χ0n) is 69.2. The molecule has 0 bridgehead atoms. The standard InChI is InChI=1S/C86H168O17P2/c1-8-10-11-50-60-67-83(88)96-73-81(102-85(90)69-62-56-49-43-37-31-25-24-27-33-39-45-52-58-65-78(5)6)75-100-104(92,93)98-71-80(87)72-99-105(94,95)101-76-82(74-97-84(89)68-61-54-47-41-35-29-22-18-14-12-16-20-26-32-38-44-51-57-64-77(3)4)103-86(91)70-63-55-48-42-36-30-23-19-15-13-17-21-28-34-40-46-53-59-66-79(7)9-2/h77-82,87H,8-76H2,1-7H3,(H,92,93)(H,94,95)/t79?,80-,81+,82+/m0/s1. The van der Waals surface area contributed by atoms with Crippen molar-refractivity contribution in [3.05, 3.63) is 0 Å². The Balaban J connectivity index is 5.10. The fourth-order valence-electron chi connectivity index (χ4n) is 13.3. The highest BCUT2D eigenvalue weighted by Crippen LogP contribution is 2.45. The molecule has 0 rings (SSSR count). The van der Waals surface area contributed by atoms with E-state index in [9.17, 15) is 43.2 Å². The minimum Gasteiger partial charge on any atom is -0.462 e. The Hall–Kier alpha value is -1.94. The molecular formula is C86H168O17P2. The Morgan fingerprint density at radius 3 is 0.724 bits per heavy atom. The fourth-order valence-corrected chi connectivity index (χ4v) is 14.9. The van der Waals surface area contributed by atoms with Crippen molar-refractivity contribution in [2.45, 2.75) is 471 Å². The summed E-state index contributed by atoms with van der Waals surface area (Å²) in [6, 6.07) is 0. The molecule has 0 aliphatic carbocycles. The van der Waals surface area contributed by atoms with Gasteiger partial charge >= 0.3 is 39.5 Å². The number of esters is 4. The van der Waals surface area contributed by atoms with E-state index >= 15 is 0 Å². The Labute approximate surface area is 645 Å². The van der Waals surface area contributed by atoms with Gasteiger partial charge in [-0.15, -0.1) is 0 Å². The third-order valence-electron chi connectivity index (χ3n) is 20.5. The largest absolute Gasteiger partial charge is 0.472 e. The van der Waals surface area contributed by atoms with Crippen LogP contribution >= 0.6 is 15.6 Å². The Kier molecular flexibility index (Phi) is 74.7. The third kappa shape index (κ3) is 78.5. The molecule has 0 amide bonds. The van der Waals surface area contributed by atoms with Gasteiger partial charge in [-0.3, -0.25) is 37.3 Å². The maximum absolute atomic E-state index is 13.1. The summed E-state index contributed by atoms with van der Waals surface area (Å²) in [5.74, 6) is 0.373. The Bertz CT molecular complexity index is 2030. The van der Waals surface area contributed by atoms with Gasteiger partial charge in [-0.05, 0) is 43.4 Å². The second-order valence-electron chi connectivity index (χ2n) is 32.1. The molecule has 3 N–H and O–H groups in total. The zero-order chi connectivity index (χ0) is 77.2. The molecule has 0 aromatic heterocycles. The van der Waals surface area contributed by atoms with Crippen molar-refractivity contribution in [2.75, 3.05) is 39.6 Å². The summed E-state index contributed by atoms with van der Waals surface area (Å²) in [4.78, 5) is 72.9. The third-order valence-corrected chi connectivity index (χ3v) is 22.4. The van der Waals surface area contributed by atoms with Crippen LogP contribution in [0.25, 0.3) is 0 Å². The average Bonchev–Trinajstić information content (AvgIpc) is 0.907. The van der Waals surface area contributed by atoms with Crippen LogP contribution in [0.4, 0.5) is 0 Å². The maximum atomic E-state index is 13.1. The number of hydrogen-bond donors (Lipinski definition) is 3. The van der Waals surface area contributed by atoms with Crippen LogP contribution in [0.2, 0.25) is 0 Å². The number of hydrogen-bond acceptors (Lipinski definition) is 15. The van der Waals surface area contributed by atoms with Crippen LogP contribution in [-0.2, 0) is 65.4 Å². The van der Waals surface area contributed by atoms with Crippen molar-refractivity contribution in [3.63, 3.8) is 0 Å². The predicted octanol–water partition coefficient (Wildman–Crippen LogP) is 26.1. The van der Waals surface area contributed by atoms with E-state index in [-0.39, 0.29) is 25.7 Å². The molecule has 105 heavy (non-hydrogen) atoms. The number of aliphatic hydroxyl groups excluding tert-OH is 1. The first-order valence-corrected chi connectivity index (χ1v) is 47.4. The number of carbonyl (C=O) groups is 4. The van der Waals surface area contributed by atoms with Crippen LogP contribution in [0.15, 0.2) is 0 Å². The van der Waals surface area contributed by atoms with Gasteiger partial charge in [0.25, 0.3) is 0 Å². The number of ether oxygens (including phenoxy) is 4. The molecule has 0 radical (unpaired) electrons. The summed E-state index contributed by atoms with van der Waals surface area (Å²) >= 11 is 0. The summed E-state index contributed by atoms with van der Waals surface area (Å²) in [6.07, 6.45) is 67.2. The van der Waals surface area contributed by atoms with Gasteiger partial charge in [0.05, 0.1) is 26.4 Å². The zero-order valence-corrected chi connectivity index (χ0v) is 71.0. The van der Waals surface area contributed by atoms with Gasteiger partial charge < -0.3 is 33.8 Å². The molecule has 6 atom stereocenters. The molecule has 624 valence electrons. The summed E-state index contributed by atoms with van der Waals surface area (Å²) in [5, 5.41) is 10.6. The van der Waals surface area contributed by atoms with E-state index in [1.54, 1.807) is 0 Å². The monoisotopic (exact) mass is 1540 g/mol. The number of unbranched alkanes of at least 4 members (excludes halogenated alkanes) is 51. The van der Waals surface area contributed by atoms with Crippen LogP contribution in [0.5, 0.6) is 0 Å². The highest BCUT2D eigenvalue weighted by Gasteiger charge is 2.30. The summed E-state index contributed by atoms with van der Waals surface area (Å²) in [6.45, 7) is 12.0. The van der Waals surface area contributed by atoms with E-state index in [0.29, 0.717) is 25.7 Å². The predicted molar refractivity (Wildman–Crippen MR) is 432 cm³/mol. The van der Waals surface area contributed by atoms with Crippen molar-refractivity contribution in [1.29, 1.82) is 0 Å². The minimum absolute atomic E-state index is 0.107. The molecule has 0 spiro atoms. The van der Waals surface area contributed by atoms with E-state index in [4.69, 9.17) is 37.0 Å². The van der Waals surface area contributed by atoms with Gasteiger partial charge in [0.1, 0.15) is 19.3 Å². The topological polar surface area (TPSA) is 237 Å². The first-order valence-electron chi connectivity index (χ1n) is 44.4. The van der Waals surface area contributed by atoms with Gasteiger partial charge in [0.15, 0.2) is 12.2 Å². The van der Waals surface area contributed by atoms with Crippen LogP contribution in [0.3, 0.4) is 0 Å². The van der Waals surface area contributed by atoms with Crippen molar-refractivity contribution < 1.29 is 80.2 Å². The SMILES string of the molecule is CCCCCCCC(=O)OC[C@H](COP(=O)(O)OC[C@H](O)COP(=O)(O)OC[C@@H](COC(=O)CCCCCCCCCCCCCCCCCCCCC(C)C)OC(=O)CCCCCCCCCCCCCCCCCCCCC(C)CC)OC(=O)CCCCCCCCCCCCCCCCC(C)C. The van der Waals surface area contributed by atoms with Gasteiger partial charge in [-0.25, -0.2) is 9.13 Å². The molecule has 0 aliphatic heterocycles. The smallest absolute Gasteiger partial charge is 0.462 e. The first kappa shape index (κ1) is 103. The minimum atomic E-state index is -4.96. The maximum Gasteiger partial charge on any atom is 0.472 e. The van der Waals surface area contributed by atoms with Crippen molar-refractivity contribution in [1.82, 2.24) is 0 Å². The van der Waals surface area contributed by atoms with Gasteiger partial charge in [-0.1, -0.05) is 402 Å². The number of phosphoric ester groups is 2. The molecule has 0 heterocycles. The molecule has 0 saturated heterocycles. The van der Waals surface area contributed by atoms with Crippen molar-refractivity contribution in [3.8, 4) is 0 Å². The summed E-state index contributed by atoms with van der Waals surface area (Å²) in [7, 11) is -9.92. The fraction of sp³-hybridized carbons (Fsp3) is 0.953. The molecule has 0 fully saturated rings. The highest BCUT2D eigenvalue weighted by molar-refractivity contribution is 7.47. The van der Waals surface area contributed by atoms with Gasteiger partial charge in [-0.2, -0.15) is 0 Å². The lowest BCUT2D eigenvalue weighted by atomic mass is 9.99. The lowest BCUT2D eigenvalue weighted by Gasteiger charge is -2.21. The van der Waals surface area contributed by atoms with Gasteiger partial charge in [0.2, 0.25) is 0 Å². The average molecular weight is 1540 g/mol. The van der Waals surface area contributed by atoms with E-state index in [1.807, 2.05) is 0 Å². The number of carbonyl (C=O) groups excluding carboxylic acids is 4. The van der Waals surface area contributed by atoms with Crippen LogP contribution < -0.4 is 0 Å². The van der Waals surface area contributed by atoms with Crippen molar-refractivity contribution in [2.24, 2.45) is 17.8 Å². The molecule has 19 heteroatoms. The quantitative estimate of drug-likeness (QED) is 0.0222. The molecule has 0 aromatic carbocycles. The van der Waals surface area contributed by atoms with Crippen molar-refractivity contribution >= 4 is 39.5 Å². The van der Waals surface area contributed by atoms with Crippen LogP contribution in [0, 0.1) is 17.8 Å². The lowest BCUT2D eigenvalue weighted by Crippen LogP contribution is -2.30. The number of phosphoric acid groups is 2. The molecule has 0 aromatic rings. The Morgan fingerprint density at radius 2 is 0.486 bits per heavy atom. The second-order valence-corrected chi connectivity index (χ2v) is 35.0. The van der Waals surface area contributed by atoms with E-state index in [2.05, 4.69) is 48.5 Å². The van der Waals surface area contributed by atoms with E-state index in [1.165, 1.54) is 257 Å². The molecule has 17 nitrogen and oxygen atoms in total. The van der Waals surface area contributed by atoms with Crippen LogP contribution in [-0.4, -0.2) is 96.7 Å². The second kappa shape index (κ2) is 76.1. The first-order chi connectivity index (χ1) is 50.8. The molecule has 0 saturated carbocycles. The molecular weight excluding hydrogens is 1370 g/mol. The van der Waals surface area contributed by atoms with E-state index < -0.39 is 97.5 Å². The highest BCUT2D eigenvalue weighted by atomic mass is 31.2. The van der Waals surface area contributed by atoms with Gasteiger partial charge in [0, 0.05) is 25.7 Å². The number of rotatable bonds is 84. The lowest BCUT2D eigenvalue weighted by molar-refractivity contribution is -0.161. The number of aliphatic hydroxyl groups is 1. The summed E-state index contributed by atoms with van der Waals surface area (Å²) in [5.41, 5.74) is 0. The Morgan fingerprint density at radius 1 is 0.276 bits per heavy atom. The summed E-state index contributed by atoms with van der Waals surface area (Å²) < 4.78 is 68.6. The molecule has 0 aliphatic rings. The molecule has 3 unspecified atom stereocenters. The van der Waals surface area contributed by atoms with E-state index in [0.717, 1.165) is 114 Å².